The lowest BCUT2D eigenvalue weighted by Gasteiger charge is -2.14. The Morgan fingerprint density at radius 1 is 1.16 bits per heavy atom. The molecule has 0 spiro atoms. The second-order valence-corrected chi connectivity index (χ2v) is 9.54. The van der Waals surface area contributed by atoms with Crippen LogP contribution in [-0.2, 0) is 24.1 Å². The van der Waals surface area contributed by atoms with Crippen molar-refractivity contribution in [3.05, 3.63) is 69.9 Å². The van der Waals surface area contributed by atoms with Crippen LogP contribution in [0, 0.1) is 0 Å². The van der Waals surface area contributed by atoms with Crippen molar-refractivity contribution >= 4 is 41.1 Å². The van der Waals surface area contributed by atoms with Crippen LogP contribution in [0.2, 0.25) is 10.0 Å². The topological polar surface area (TPSA) is 83.0 Å². The van der Waals surface area contributed by atoms with Crippen LogP contribution in [0.3, 0.4) is 0 Å². The Hall–Kier alpha value is -2.22. The van der Waals surface area contributed by atoms with E-state index in [1.807, 2.05) is 24.3 Å². The van der Waals surface area contributed by atoms with Gasteiger partial charge in [-0.3, -0.25) is 4.98 Å². The van der Waals surface area contributed by atoms with Crippen molar-refractivity contribution in [3.63, 3.8) is 0 Å². The lowest BCUT2D eigenvalue weighted by molar-refractivity contribution is 0.157. The summed E-state index contributed by atoms with van der Waals surface area (Å²) in [6.07, 6.45) is 5.15. The van der Waals surface area contributed by atoms with Crippen LogP contribution in [0.15, 0.2) is 52.6 Å². The van der Waals surface area contributed by atoms with Gasteiger partial charge in [0.1, 0.15) is 17.5 Å². The molecule has 0 atom stereocenters. The predicted octanol–water partition coefficient (Wildman–Crippen LogP) is 6.13. The summed E-state index contributed by atoms with van der Waals surface area (Å²) >= 11 is 14.0. The minimum absolute atomic E-state index is 0.182. The highest BCUT2D eigenvalue weighted by atomic mass is 35.5. The maximum Gasteiger partial charge on any atom is 0.404 e. The van der Waals surface area contributed by atoms with Crippen LogP contribution < -0.4 is 5.73 Å². The van der Waals surface area contributed by atoms with E-state index < -0.39 is 6.09 Å². The number of rotatable bonds is 10. The number of carbonyl (C=O) groups excluding carboxylic acids is 1. The van der Waals surface area contributed by atoms with Crippen LogP contribution in [0.4, 0.5) is 4.79 Å². The number of aromatic nitrogens is 3. The molecule has 0 fully saturated rings. The Bertz CT molecular complexity index is 1040. The molecule has 0 saturated carbocycles. The number of benzene rings is 1. The van der Waals surface area contributed by atoms with E-state index >= 15 is 0 Å². The van der Waals surface area contributed by atoms with E-state index in [2.05, 4.69) is 23.4 Å². The second-order valence-electron chi connectivity index (χ2n) is 7.61. The molecule has 32 heavy (non-hydrogen) atoms. The highest BCUT2D eigenvalue weighted by molar-refractivity contribution is 7.99. The van der Waals surface area contributed by atoms with Crippen LogP contribution >= 0.6 is 35.0 Å². The zero-order valence-corrected chi connectivity index (χ0v) is 20.4. The van der Waals surface area contributed by atoms with E-state index in [4.69, 9.17) is 38.7 Å². The highest BCUT2D eigenvalue weighted by Crippen LogP contribution is 2.37. The standard InChI is InChI=1S/C23H26Cl2N4O2S/c1-15(2)21-22(32-19-13-17(24)12-18(25)14-19)29(20(28-21)7-11-31-23(26)30)10-3-4-16-5-8-27-9-6-16/h5-6,8-9,12-15H,3-4,7,10-11H2,1-2H3,(H2,26,30). The molecule has 0 aliphatic heterocycles. The number of nitrogens with two attached hydrogens (primary N) is 1. The molecule has 2 aromatic heterocycles. The van der Waals surface area contributed by atoms with Gasteiger partial charge in [0, 0.05) is 40.3 Å². The Morgan fingerprint density at radius 3 is 2.47 bits per heavy atom. The molecule has 0 saturated heterocycles. The number of halogens is 2. The Labute approximate surface area is 202 Å². The van der Waals surface area contributed by atoms with Gasteiger partial charge in [-0.05, 0) is 54.7 Å². The van der Waals surface area contributed by atoms with E-state index in [1.54, 1.807) is 30.2 Å². The molecule has 6 nitrogen and oxygen atoms in total. The molecule has 9 heteroatoms. The number of hydrogen-bond acceptors (Lipinski definition) is 5. The number of hydrogen-bond donors (Lipinski definition) is 1. The minimum atomic E-state index is -0.784. The Balaban J connectivity index is 1.91. The van der Waals surface area contributed by atoms with Gasteiger partial charge in [0.05, 0.1) is 5.69 Å². The van der Waals surface area contributed by atoms with E-state index in [0.29, 0.717) is 16.5 Å². The van der Waals surface area contributed by atoms with E-state index in [1.165, 1.54) is 5.56 Å². The van der Waals surface area contributed by atoms with Crippen LogP contribution in [0.1, 0.15) is 43.3 Å². The van der Waals surface area contributed by atoms with Crippen LogP contribution in [0.25, 0.3) is 0 Å². The normalized spacial score (nSPS) is 11.2. The second kappa shape index (κ2) is 11.6. The van der Waals surface area contributed by atoms with Gasteiger partial charge in [0.25, 0.3) is 0 Å². The first-order valence-electron chi connectivity index (χ1n) is 10.4. The van der Waals surface area contributed by atoms with Crippen molar-refractivity contribution in [1.29, 1.82) is 0 Å². The fraction of sp³-hybridized carbons (Fsp3) is 0.348. The molecular weight excluding hydrogens is 467 g/mol. The SMILES string of the molecule is CC(C)c1nc(CCOC(N)=O)n(CCCc2ccncc2)c1Sc1cc(Cl)cc(Cl)c1. The molecule has 0 aliphatic rings. The third-order valence-electron chi connectivity index (χ3n) is 4.79. The first-order chi connectivity index (χ1) is 15.3. The van der Waals surface area contributed by atoms with Crippen molar-refractivity contribution in [2.45, 2.75) is 55.5 Å². The fourth-order valence-corrected chi connectivity index (χ4v) is 5.28. The van der Waals surface area contributed by atoms with Crippen LogP contribution in [0.5, 0.6) is 0 Å². The maximum atomic E-state index is 11.0. The largest absolute Gasteiger partial charge is 0.449 e. The summed E-state index contributed by atoms with van der Waals surface area (Å²) in [4.78, 5) is 21.0. The van der Waals surface area contributed by atoms with Gasteiger partial charge in [0.15, 0.2) is 0 Å². The molecule has 0 unspecified atom stereocenters. The summed E-state index contributed by atoms with van der Waals surface area (Å²) in [5.41, 5.74) is 7.36. The Morgan fingerprint density at radius 2 is 1.84 bits per heavy atom. The fourth-order valence-electron chi connectivity index (χ4n) is 3.34. The first kappa shape index (κ1) is 24.4. The van der Waals surface area contributed by atoms with Gasteiger partial charge in [-0.1, -0.05) is 48.8 Å². The molecule has 0 bridgehead atoms. The molecule has 2 heterocycles. The van der Waals surface area contributed by atoms with E-state index in [-0.39, 0.29) is 12.5 Å². The molecule has 0 aliphatic carbocycles. The predicted molar refractivity (Wildman–Crippen MR) is 129 cm³/mol. The number of aryl methyl sites for hydroxylation is 1. The number of imidazole rings is 1. The van der Waals surface area contributed by atoms with Gasteiger partial charge < -0.3 is 15.0 Å². The molecular formula is C23H26Cl2N4O2S. The first-order valence-corrected chi connectivity index (χ1v) is 11.9. The average molecular weight is 493 g/mol. The summed E-state index contributed by atoms with van der Waals surface area (Å²) < 4.78 is 7.18. The zero-order valence-electron chi connectivity index (χ0n) is 18.1. The molecule has 1 aromatic carbocycles. The molecule has 0 radical (unpaired) electrons. The summed E-state index contributed by atoms with van der Waals surface area (Å²) in [6.45, 7) is 5.18. The number of nitrogens with zero attached hydrogens (tertiary/aromatic N) is 3. The number of pyridine rings is 1. The Kier molecular flexibility index (Phi) is 8.84. The quantitative estimate of drug-likeness (QED) is 0.367. The van der Waals surface area contributed by atoms with Gasteiger partial charge in [-0.15, -0.1) is 0 Å². The third-order valence-corrected chi connectivity index (χ3v) is 6.32. The number of carbonyl (C=O) groups is 1. The molecule has 1 amide bonds. The van der Waals surface area contributed by atoms with Gasteiger partial charge in [-0.25, -0.2) is 9.78 Å². The smallest absolute Gasteiger partial charge is 0.404 e. The van der Waals surface area contributed by atoms with Crippen molar-refractivity contribution in [1.82, 2.24) is 14.5 Å². The monoisotopic (exact) mass is 492 g/mol. The third kappa shape index (κ3) is 6.89. The number of amides is 1. The van der Waals surface area contributed by atoms with Crippen LogP contribution in [-0.4, -0.2) is 27.2 Å². The van der Waals surface area contributed by atoms with Crippen molar-refractivity contribution in [2.24, 2.45) is 5.73 Å². The van der Waals surface area contributed by atoms with Crippen molar-refractivity contribution in [3.8, 4) is 0 Å². The van der Waals surface area contributed by atoms with Gasteiger partial charge in [0.2, 0.25) is 0 Å². The van der Waals surface area contributed by atoms with Crippen molar-refractivity contribution < 1.29 is 9.53 Å². The summed E-state index contributed by atoms with van der Waals surface area (Å²) in [5, 5.41) is 2.22. The van der Waals surface area contributed by atoms with Crippen molar-refractivity contribution in [2.75, 3.05) is 6.61 Å². The summed E-state index contributed by atoms with van der Waals surface area (Å²) in [6, 6.07) is 9.56. The average Bonchev–Trinajstić information content (AvgIpc) is 3.05. The van der Waals surface area contributed by atoms with E-state index in [9.17, 15) is 4.79 Å². The summed E-state index contributed by atoms with van der Waals surface area (Å²) in [7, 11) is 0. The molecule has 170 valence electrons. The molecule has 3 rings (SSSR count). The number of primary amides is 1. The van der Waals surface area contributed by atoms with Gasteiger partial charge in [-0.2, -0.15) is 0 Å². The lowest BCUT2D eigenvalue weighted by atomic mass is 10.1. The van der Waals surface area contributed by atoms with Gasteiger partial charge >= 0.3 is 6.09 Å². The highest BCUT2D eigenvalue weighted by Gasteiger charge is 2.21. The molecule has 2 N–H and O–H groups in total. The summed E-state index contributed by atoms with van der Waals surface area (Å²) in [5.74, 6) is 1.07. The minimum Gasteiger partial charge on any atom is -0.449 e. The molecule has 3 aromatic rings. The maximum absolute atomic E-state index is 11.0. The van der Waals surface area contributed by atoms with E-state index in [0.717, 1.165) is 40.8 Å². The lowest BCUT2D eigenvalue weighted by Crippen LogP contribution is -2.16. The number of ether oxygens (including phenoxy) is 1. The zero-order chi connectivity index (χ0) is 23.1.